The minimum Gasteiger partial charge on any atom is -0.462 e. The average molecular weight is 347 g/mol. The summed E-state index contributed by atoms with van der Waals surface area (Å²) in [6.07, 6.45) is 1.75. The van der Waals surface area contributed by atoms with Crippen LogP contribution in [0.3, 0.4) is 0 Å². The first-order valence-corrected chi connectivity index (χ1v) is 8.29. The first-order valence-electron chi connectivity index (χ1n) is 7.06. The molecule has 0 fully saturated rings. The SMILES string of the molecule is CCOC(=O)c1c(NNC(=O)c2ccccc2)nc(N)nc1SC. The van der Waals surface area contributed by atoms with E-state index in [2.05, 4.69) is 20.8 Å². The summed E-state index contributed by atoms with van der Waals surface area (Å²) in [4.78, 5) is 32.3. The minimum absolute atomic E-state index is 0.0242. The van der Waals surface area contributed by atoms with E-state index < -0.39 is 5.97 Å². The topological polar surface area (TPSA) is 119 Å². The Kier molecular flexibility index (Phi) is 5.96. The lowest BCUT2D eigenvalue weighted by Crippen LogP contribution is -2.31. The third-order valence-corrected chi connectivity index (χ3v) is 3.58. The van der Waals surface area contributed by atoms with Gasteiger partial charge in [0, 0.05) is 5.56 Å². The van der Waals surface area contributed by atoms with Crippen molar-refractivity contribution >= 4 is 35.4 Å². The second kappa shape index (κ2) is 8.16. The Morgan fingerprint density at radius 3 is 2.58 bits per heavy atom. The molecule has 1 aromatic heterocycles. The number of hydrazine groups is 1. The number of nitrogens with one attached hydrogen (secondary N) is 2. The summed E-state index contributed by atoms with van der Waals surface area (Å²) in [5.41, 5.74) is 11.3. The fourth-order valence-electron chi connectivity index (χ4n) is 1.86. The van der Waals surface area contributed by atoms with Crippen LogP contribution in [0.4, 0.5) is 11.8 Å². The maximum atomic E-state index is 12.2. The molecule has 4 N–H and O–H groups in total. The van der Waals surface area contributed by atoms with Crippen molar-refractivity contribution in [3.8, 4) is 0 Å². The first kappa shape index (κ1) is 17.5. The van der Waals surface area contributed by atoms with Gasteiger partial charge in [0.05, 0.1) is 6.61 Å². The van der Waals surface area contributed by atoms with Crippen molar-refractivity contribution in [2.75, 3.05) is 24.0 Å². The molecular weight excluding hydrogens is 330 g/mol. The molecule has 0 atom stereocenters. The van der Waals surface area contributed by atoms with Crippen LogP contribution in [0.25, 0.3) is 0 Å². The highest BCUT2D eigenvalue weighted by Crippen LogP contribution is 2.25. The predicted octanol–water partition coefficient (Wildman–Crippen LogP) is 1.71. The molecule has 9 heteroatoms. The summed E-state index contributed by atoms with van der Waals surface area (Å²) in [5, 5.41) is 0.359. The van der Waals surface area contributed by atoms with Gasteiger partial charge in [-0.1, -0.05) is 18.2 Å². The zero-order chi connectivity index (χ0) is 17.5. The number of benzene rings is 1. The number of anilines is 2. The number of nitrogens with two attached hydrogens (primary N) is 1. The van der Waals surface area contributed by atoms with E-state index in [9.17, 15) is 9.59 Å². The number of aromatic nitrogens is 2. The van der Waals surface area contributed by atoms with Crippen LogP contribution in [0.5, 0.6) is 0 Å². The predicted molar refractivity (Wildman–Crippen MR) is 91.7 cm³/mol. The second-order valence-corrected chi connectivity index (χ2v) is 5.28. The Morgan fingerprint density at radius 2 is 1.96 bits per heavy atom. The van der Waals surface area contributed by atoms with E-state index in [0.29, 0.717) is 10.6 Å². The highest BCUT2D eigenvalue weighted by Gasteiger charge is 2.22. The molecule has 0 unspecified atom stereocenters. The number of thioether (sulfide) groups is 1. The zero-order valence-electron chi connectivity index (χ0n) is 13.2. The van der Waals surface area contributed by atoms with Crippen molar-refractivity contribution < 1.29 is 14.3 Å². The van der Waals surface area contributed by atoms with E-state index >= 15 is 0 Å². The summed E-state index contributed by atoms with van der Waals surface area (Å²) in [6.45, 7) is 1.89. The molecule has 24 heavy (non-hydrogen) atoms. The summed E-state index contributed by atoms with van der Waals surface area (Å²) in [7, 11) is 0. The fourth-order valence-corrected chi connectivity index (χ4v) is 2.43. The van der Waals surface area contributed by atoms with Crippen molar-refractivity contribution in [3.05, 3.63) is 41.5 Å². The smallest absolute Gasteiger partial charge is 0.344 e. The Hall–Kier alpha value is -2.81. The van der Waals surface area contributed by atoms with Crippen LogP contribution in [0, 0.1) is 0 Å². The van der Waals surface area contributed by atoms with Crippen LogP contribution in [0.1, 0.15) is 27.6 Å². The fraction of sp³-hybridized carbons (Fsp3) is 0.200. The third-order valence-electron chi connectivity index (χ3n) is 2.90. The molecule has 1 aromatic carbocycles. The van der Waals surface area contributed by atoms with Gasteiger partial charge in [-0.2, -0.15) is 4.98 Å². The van der Waals surface area contributed by atoms with Gasteiger partial charge in [-0.25, -0.2) is 9.78 Å². The molecule has 8 nitrogen and oxygen atoms in total. The van der Waals surface area contributed by atoms with E-state index in [0.717, 1.165) is 0 Å². The zero-order valence-corrected chi connectivity index (χ0v) is 14.0. The van der Waals surface area contributed by atoms with Gasteiger partial charge in [0.25, 0.3) is 5.91 Å². The summed E-state index contributed by atoms with van der Waals surface area (Å²) in [5.74, 6) is -0.926. The number of ether oxygens (including phenoxy) is 1. The lowest BCUT2D eigenvalue weighted by Gasteiger charge is -2.14. The molecule has 2 rings (SSSR count). The highest BCUT2D eigenvalue weighted by atomic mass is 32.2. The number of rotatable bonds is 6. The summed E-state index contributed by atoms with van der Waals surface area (Å²) < 4.78 is 5.02. The van der Waals surface area contributed by atoms with Crippen LogP contribution >= 0.6 is 11.8 Å². The molecule has 0 saturated carbocycles. The van der Waals surface area contributed by atoms with Crippen molar-refractivity contribution in [2.45, 2.75) is 11.9 Å². The first-order chi connectivity index (χ1) is 11.6. The quantitative estimate of drug-likeness (QED) is 0.313. The van der Waals surface area contributed by atoms with Crippen molar-refractivity contribution in [1.82, 2.24) is 15.4 Å². The maximum Gasteiger partial charge on any atom is 0.344 e. The Labute approximate surface area is 143 Å². The second-order valence-electron chi connectivity index (χ2n) is 4.48. The van der Waals surface area contributed by atoms with Crippen molar-refractivity contribution in [2.24, 2.45) is 0 Å². The lowest BCUT2D eigenvalue weighted by molar-refractivity contribution is 0.0521. The molecule has 1 amide bonds. The number of nitrogens with zero attached hydrogens (tertiary/aromatic N) is 2. The van der Waals surface area contributed by atoms with Gasteiger partial charge in [-0.05, 0) is 25.3 Å². The Balaban J connectivity index is 2.26. The van der Waals surface area contributed by atoms with Crippen LogP contribution < -0.4 is 16.6 Å². The van der Waals surface area contributed by atoms with Gasteiger partial charge < -0.3 is 10.5 Å². The maximum absolute atomic E-state index is 12.2. The molecule has 0 radical (unpaired) electrons. The van der Waals surface area contributed by atoms with Gasteiger partial charge in [0.2, 0.25) is 5.95 Å². The lowest BCUT2D eigenvalue weighted by atomic mass is 10.2. The number of hydrogen-bond acceptors (Lipinski definition) is 8. The summed E-state index contributed by atoms with van der Waals surface area (Å²) in [6, 6.07) is 8.61. The van der Waals surface area contributed by atoms with Crippen LogP contribution in [-0.2, 0) is 4.74 Å². The van der Waals surface area contributed by atoms with E-state index in [1.54, 1.807) is 43.5 Å². The molecule has 1 heterocycles. The van der Waals surface area contributed by atoms with Crippen molar-refractivity contribution in [3.63, 3.8) is 0 Å². The third kappa shape index (κ3) is 4.13. The van der Waals surface area contributed by atoms with Gasteiger partial charge in [-0.15, -0.1) is 11.8 Å². The van der Waals surface area contributed by atoms with Crippen LogP contribution in [0.15, 0.2) is 35.4 Å². The number of carbonyl (C=O) groups excluding carboxylic acids is 2. The monoisotopic (exact) mass is 347 g/mol. The number of carbonyl (C=O) groups is 2. The number of amides is 1. The largest absolute Gasteiger partial charge is 0.462 e. The van der Waals surface area contributed by atoms with Crippen LogP contribution in [-0.4, -0.2) is 34.7 Å². The Morgan fingerprint density at radius 1 is 1.25 bits per heavy atom. The van der Waals surface area contributed by atoms with E-state index in [-0.39, 0.29) is 29.8 Å². The highest BCUT2D eigenvalue weighted by molar-refractivity contribution is 7.98. The van der Waals surface area contributed by atoms with Crippen molar-refractivity contribution in [1.29, 1.82) is 0 Å². The number of hydrogen-bond donors (Lipinski definition) is 3. The van der Waals surface area contributed by atoms with E-state index in [1.165, 1.54) is 11.8 Å². The normalized spacial score (nSPS) is 10.1. The van der Waals surface area contributed by atoms with Gasteiger partial charge in [-0.3, -0.25) is 15.6 Å². The standard InChI is InChI=1S/C15H17N5O3S/c1-3-23-14(22)10-11(17-15(16)18-13(10)24-2)19-20-12(21)9-7-5-4-6-8-9/h4-8H,3H2,1-2H3,(H,20,21)(H3,16,17,18,19). The molecule has 126 valence electrons. The number of nitrogen functional groups attached to an aromatic ring is 1. The molecule has 0 spiro atoms. The van der Waals surface area contributed by atoms with Gasteiger partial charge in [0.15, 0.2) is 5.82 Å². The average Bonchev–Trinajstić information content (AvgIpc) is 2.59. The van der Waals surface area contributed by atoms with Gasteiger partial charge in [0.1, 0.15) is 10.6 Å². The molecule has 2 aromatic rings. The minimum atomic E-state index is -0.599. The molecule has 0 aliphatic rings. The van der Waals surface area contributed by atoms with E-state index in [1.807, 2.05) is 0 Å². The van der Waals surface area contributed by atoms with Crippen LogP contribution in [0.2, 0.25) is 0 Å². The summed E-state index contributed by atoms with van der Waals surface area (Å²) >= 11 is 1.22. The molecular formula is C15H17N5O3S. The molecule has 0 aliphatic carbocycles. The number of esters is 1. The van der Waals surface area contributed by atoms with Gasteiger partial charge >= 0.3 is 5.97 Å². The molecule has 0 saturated heterocycles. The molecule has 0 aliphatic heterocycles. The Bertz CT molecular complexity index is 739. The van der Waals surface area contributed by atoms with E-state index in [4.69, 9.17) is 10.5 Å². The molecule has 0 bridgehead atoms.